The van der Waals surface area contributed by atoms with Gasteiger partial charge in [-0.05, 0) is 41.6 Å². The molecule has 2 aromatic rings. The molecule has 1 N–H and O–H groups in total. The Morgan fingerprint density at radius 1 is 1.04 bits per heavy atom. The third-order valence-electron chi connectivity index (χ3n) is 3.97. The SMILES string of the molecule is CCSc1ccc(CC(=O)Nc2ccc3c(c2)C(=O)N(C)C3=O)cc1. The summed E-state index contributed by atoms with van der Waals surface area (Å²) in [5.74, 6) is 0.179. The monoisotopic (exact) mass is 354 g/mol. The molecule has 128 valence electrons. The summed E-state index contributed by atoms with van der Waals surface area (Å²) in [4.78, 5) is 38.4. The van der Waals surface area contributed by atoms with Gasteiger partial charge in [-0.1, -0.05) is 19.1 Å². The third kappa shape index (κ3) is 3.58. The van der Waals surface area contributed by atoms with Crippen molar-refractivity contribution in [3.05, 3.63) is 59.2 Å². The van der Waals surface area contributed by atoms with E-state index in [9.17, 15) is 14.4 Å². The standard InChI is InChI=1S/C19H18N2O3S/c1-3-25-14-7-4-12(5-8-14)10-17(22)20-13-6-9-15-16(11-13)19(24)21(2)18(15)23/h4-9,11H,3,10H2,1-2H3,(H,20,22). The van der Waals surface area contributed by atoms with Crippen molar-refractivity contribution in [2.75, 3.05) is 18.1 Å². The number of hydrogen-bond donors (Lipinski definition) is 1. The van der Waals surface area contributed by atoms with Gasteiger partial charge in [0.2, 0.25) is 5.91 Å². The molecule has 5 nitrogen and oxygen atoms in total. The first kappa shape index (κ1) is 17.2. The van der Waals surface area contributed by atoms with E-state index >= 15 is 0 Å². The highest BCUT2D eigenvalue weighted by Gasteiger charge is 2.32. The Bertz CT molecular complexity index is 846. The molecule has 0 unspecified atom stereocenters. The first-order chi connectivity index (χ1) is 12.0. The van der Waals surface area contributed by atoms with Crippen molar-refractivity contribution >= 4 is 35.2 Å². The fraction of sp³-hybridized carbons (Fsp3) is 0.211. The summed E-state index contributed by atoms with van der Waals surface area (Å²) < 4.78 is 0. The molecule has 0 saturated heterocycles. The third-order valence-corrected chi connectivity index (χ3v) is 4.87. The van der Waals surface area contributed by atoms with Crippen molar-refractivity contribution in [1.82, 2.24) is 4.90 Å². The van der Waals surface area contributed by atoms with Gasteiger partial charge in [-0.3, -0.25) is 19.3 Å². The van der Waals surface area contributed by atoms with Gasteiger partial charge >= 0.3 is 0 Å². The van der Waals surface area contributed by atoms with Crippen LogP contribution >= 0.6 is 11.8 Å². The highest BCUT2D eigenvalue weighted by Crippen LogP contribution is 2.25. The van der Waals surface area contributed by atoms with Gasteiger partial charge in [-0.2, -0.15) is 0 Å². The molecular weight excluding hydrogens is 336 g/mol. The van der Waals surface area contributed by atoms with Crippen molar-refractivity contribution in [3.63, 3.8) is 0 Å². The lowest BCUT2D eigenvalue weighted by Crippen LogP contribution is -2.24. The normalized spacial score (nSPS) is 13.1. The van der Waals surface area contributed by atoms with E-state index in [0.717, 1.165) is 16.2 Å². The van der Waals surface area contributed by atoms with Gasteiger partial charge in [-0.25, -0.2) is 0 Å². The second kappa shape index (κ2) is 7.11. The first-order valence-electron chi connectivity index (χ1n) is 7.97. The number of fused-ring (bicyclic) bond motifs is 1. The summed E-state index contributed by atoms with van der Waals surface area (Å²) in [5.41, 5.74) is 2.13. The molecule has 3 amide bonds. The van der Waals surface area contributed by atoms with Crippen molar-refractivity contribution in [3.8, 4) is 0 Å². The molecule has 0 aromatic heterocycles. The van der Waals surface area contributed by atoms with Crippen LogP contribution in [0.3, 0.4) is 0 Å². The number of carbonyl (C=O) groups is 3. The zero-order chi connectivity index (χ0) is 18.0. The van der Waals surface area contributed by atoms with Crippen LogP contribution in [0.4, 0.5) is 5.69 Å². The smallest absolute Gasteiger partial charge is 0.261 e. The van der Waals surface area contributed by atoms with E-state index in [0.29, 0.717) is 16.8 Å². The molecule has 0 radical (unpaired) electrons. The summed E-state index contributed by atoms with van der Waals surface area (Å²) in [6, 6.07) is 12.7. The molecule has 1 aliphatic rings. The number of amides is 3. The molecule has 0 spiro atoms. The Balaban J connectivity index is 1.68. The minimum Gasteiger partial charge on any atom is -0.326 e. The predicted molar refractivity (Wildman–Crippen MR) is 98.0 cm³/mol. The lowest BCUT2D eigenvalue weighted by Gasteiger charge is -2.07. The average molecular weight is 354 g/mol. The Morgan fingerprint density at radius 2 is 1.72 bits per heavy atom. The number of anilines is 1. The van der Waals surface area contributed by atoms with E-state index in [4.69, 9.17) is 0 Å². The topological polar surface area (TPSA) is 66.5 Å². The fourth-order valence-electron chi connectivity index (χ4n) is 2.70. The molecule has 25 heavy (non-hydrogen) atoms. The van der Waals surface area contributed by atoms with Crippen LogP contribution < -0.4 is 5.32 Å². The molecule has 0 atom stereocenters. The maximum absolute atomic E-state index is 12.2. The van der Waals surface area contributed by atoms with E-state index < -0.39 is 0 Å². The molecule has 2 aromatic carbocycles. The van der Waals surface area contributed by atoms with E-state index in [2.05, 4.69) is 12.2 Å². The van der Waals surface area contributed by atoms with Crippen LogP contribution in [0.15, 0.2) is 47.4 Å². The van der Waals surface area contributed by atoms with Crippen LogP contribution in [0.1, 0.15) is 33.2 Å². The van der Waals surface area contributed by atoms with Gasteiger partial charge in [0.05, 0.1) is 17.5 Å². The molecule has 3 rings (SSSR count). The minimum atomic E-state index is -0.347. The van der Waals surface area contributed by atoms with E-state index in [1.54, 1.807) is 30.0 Å². The number of nitrogens with zero attached hydrogens (tertiary/aromatic N) is 1. The van der Waals surface area contributed by atoms with Crippen molar-refractivity contribution in [1.29, 1.82) is 0 Å². The molecule has 0 fully saturated rings. The molecule has 6 heteroatoms. The van der Waals surface area contributed by atoms with Crippen LogP contribution in [0.25, 0.3) is 0 Å². The van der Waals surface area contributed by atoms with Crippen LogP contribution in [-0.2, 0) is 11.2 Å². The quantitative estimate of drug-likeness (QED) is 0.661. The van der Waals surface area contributed by atoms with Gasteiger partial charge < -0.3 is 5.32 Å². The summed E-state index contributed by atoms with van der Waals surface area (Å²) in [5, 5.41) is 2.78. The van der Waals surface area contributed by atoms with Crippen LogP contribution in [-0.4, -0.2) is 35.4 Å². The Hall–Kier alpha value is -2.60. The molecular formula is C19H18N2O3S. The van der Waals surface area contributed by atoms with Crippen LogP contribution in [0.5, 0.6) is 0 Å². The van der Waals surface area contributed by atoms with Crippen LogP contribution in [0.2, 0.25) is 0 Å². The number of carbonyl (C=O) groups excluding carboxylic acids is 3. The molecule has 1 heterocycles. The number of benzene rings is 2. The molecule has 1 aliphatic heterocycles. The minimum absolute atomic E-state index is 0.166. The van der Waals surface area contributed by atoms with Gasteiger partial charge in [0.1, 0.15) is 0 Å². The Morgan fingerprint density at radius 3 is 2.40 bits per heavy atom. The Labute approximate surface area is 150 Å². The molecule has 0 bridgehead atoms. The van der Waals surface area contributed by atoms with Gasteiger partial charge in [0.25, 0.3) is 11.8 Å². The largest absolute Gasteiger partial charge is 0.326 e. The van der Waals surface area contributed by atoms with Gasteiger partial charge in [0.15, 0.2) is 0 Å². The highest BCUT2D eigenvalue weighted by molar-refractivity contribution is 7.99. The summed E-state index contributed by atoms with van der Waals surface area (Å²) in [6.45, 7) is 2.10. The number of thioether (sulfide) groups is 1. The maximum atomic E-state index is 12.2. The van der Waals surface area contributed by atoms with Crippen LogP contribution in [0, 0.1) is 0 Å². The van der Waals surface area contributed by atoms with Gasteiger partial charge in [-0.15, -0.1) is 11.8 Å². The molecule has 0 aliphatic carbocycles. The van der Waals surface area contributed by atoms with Gasteiger partial charge in [0, 0.05) is 17.6 Å². The van der Waals surface area contributed by atoms with E-state index in [1.807, 2.05) is 24.3 Å². The Kier molecular flexibility index (Phi) is 4.90. The summed E-state index contributed by atoms with van der Waals surface area (Å²) in [7, 11) is 1.45. The summed E-state index contributed by atoms with van der Waals surface area (Å²) in [6.07, 6.45) is 0.251. The lowest BCUT2D eigenvalue weighted by atomic mass is 10.1. The molecule has 0 saturated carbocycles. The second-order valence-corrected chi connectivity index (χ2v) is 7.07. The fourth-order valence-corrected chi connectivity index (χ4v) is 3.36. The second-order valence-electron chi connectivity index (χ2n) is 5.73. The number of nitrogens with one attached hydrogen (secondary N) is 1. The maximum Gasteiger partial charge on any atom is 0.261 e. The van der Waals surface area contributed by atoms with Crippen molar-refractivity contribution < 1.29 is 14.4 Å². The first-order valence-corrected chi connectivity index (χ1v) is 8.96. The zero-order valence-electron chi connectivity index (χ0n) is 14.0. The van der Waals surface area contributed by atoms with Crippen molar-refractivity contribution in [2.45, 2.75) is 18.2 Å². The zero-order valence-corrected chi connectivity index (χ0v) is 14.9. The number of imide groups is 1. The van der Waals surface area contributed by atoms with Crippen molar-refractivity contribution in [2.24, 2.45) is 0 Å². The average Bonchev–Trinajstić information content (AvgIpc) is 2.81. The summed E-state index contributed by atoms with van der Waals surface area (Å²) >= 11 is 1.75. The predicted octanol–water partition coefficient (Wildman–Crippen LogP) is 3.21. The lowest BCUT2D eigenvalue weighted by molar-refractivity contribution is -0.115. The number of hydrogen-bond acceptors (Lipinski definition) is 4. The number of rotatable bonds is 5. The van der Waals surface area contributed by atoms with E-state index in [1.165, 1.54) is 11.9 Å². The highest BCUT2D eigenvalue weighted by atomic mass is 32.2. The van der Waals surface area contributed by atoms with E-state index in [-0.39, 0.29) is 24.1 Å².